The van der Waals surface area contributed by atoms with Gasteiger partial charge in [-0.1, -0.05) is 0 Å². The van der Waals surface area contributed by atoms with Gasteiger partial charge in [-0.05, 0) is 0 Å². The summed E-state index contributed by atoms with van der Waals surface area (Å²) in [5.74, 6) is -48.1. The molecule has 0 heterocycles. The second-order valence-electron chi connectivity index (χ2n) is 4.46. The number of alkyl halides is 12. The summed E-state index contributed by atoms with van der Waals surface area (Å²) in [6.07, 6.45) is 0. The van der Waals surface area contributed by atoms with E-state index >= 15 is 0 Å². The van der Waals surface area contributed by atoms with Crippen molar-refractivity contribution in [2.75, 3.05) is 0 Å². The average molecular weight is 490 g/mol. The number of hydrogen-bond donors (Lipinski definition) is 0. The highest BCUT2D eigenvalue weighted by Crippen LogP contribution is 2.60. The van der Waals surface area contributed by atoms with Gasteiger partial charge in [0.05, 0.1) is 0 Å². The van der Waals surface area contributed by atoms with Crippen molar-refractivity contribution in [3.05, 3.63) is 0 Å². The Balaban J connectivity index is 6.94. The van der Waals surface area contributed by atoms with Gasteiger partial charge in [0.1, 0.15) is 0 Å². The van der Waals surface area contributed by atoms with Crippen LogP contribution in [0.3, 0.4) is 0 Å². The van der Waals surface area contributed by atoms with E-state index in [-0.39, 0.29) is 0 Å². The van der Waals surface area contributed by atoms with E-state index in [9.17, 15) is 78.3 Å². The van der Waals surface area contributed by atoms with Gasteiger partial charge in [-0.25, -0.2) is 0 Å². The summed E-state index contributed by atoms with van der Waals surface area (Å²) in [6, 6.07) is 0. The number of hydrogen-bond acceptors (Lipinski definition) is 4. The molecule has 20 heteroatoms. The van der Waals surface area contributed by atoms with Crippen LogP contribution in [0.2, 0.25) is 0 Å². The summed E-state index contributed by atoms with van der Waals surface area (Å²) in [7, 11) is -10.3. The van der Waals surface area contributed by atoms with Gasteiger partial charge >= 0.3 is 35.5 Å². The Morgan fingerprint density at radius 1 is 0.429 bits per heavy atom. The third kappa shape index (κ3) is 3.32. The van der Waals surface area contributed by atoms with E-state index in [1.807, 2.05) is 0 Å². The Morgan fingerprint density at radius 2 is 0.607 bits per heavy atom. The molecule has 0 bridgehead atoms. The lowest BCUT2D eigenvalue weighted by Gasteiger charge is -2.39. The molecule has 0 aliphatic heterocycles. The SMILES string of the molecule is O=S(=O)=C(F)C(F)(F)C(F)(F)C(F)(F)C(F)(F)C(F)(F)C(F)(F)C(F)=S(=O)=O. The lowest BCUT2D eigenvalue weighted by molar-refractivity contribution is -0.411. The standard InChI is InChI=1S/C8F14O4S2/c9-1(27(23)24)3(11,12)5(15,16)7(19,20)8(21,22)6(17,18)4(13,14)2(10)28(25)26. The monoisotopic (exact) mass is 490 g/mol. The fourth-order valence-corrected chi connectivity index (χ4v) is 1.92. The van der Waals surface area contributed by atoms with Crippen LogP contribution in [0, 0.1) is 0 Å². The van der Waals surface area contributed by atoms with E-state index in [0.717, 1.165) is 0 Å². The molecule has 0 aliphatic rings. The summed E-state index contributed by atoms with van der Waals surface area (Å²) in [5.41, 5.74) is 0. The van der Waals surface area contributed by atoms with Crippen LogP contribution in [0.4, 0.5) is 61.5 Å². The van der Waals surface area contributed by atoms with Crippen LogP contribution in [-0.2, 0) is 20.6 Å². The van der Waals surface area contributed by atoms with Crippen molar-refractivity contribution in [2.45, 2.75) is 35.5 Å². The van der Waals surface area contributed by atoms with Crippen molar-refractivity contribution in [1.82, 2.24) is 0 Å². The zero-order valence-electron chi connectivity index (χ0n) is 11.7. The molecule has 0 aliphatic carbocycles. The topological polar surface area (TPSA) is 68.3 Å². The van der Waals surface area contributed by atoms with Gasteiger partial charge in [0.2, 0.25) is 0 Å². The van der Waals surface area contributed by atoms with Gasteiger partial charge in [-0.2, -0.15) is 78.3 Å². The molecule has 166 valence electrons. The quantitative estimate of drug-likeness (QED) is 0.313. The first-order valence-electron chi connectivity index (χ1n) is 5.47. The highest BCUT2D eigenvalue weighted by atomic mass is 32.2. The minimum Gasteiger partial charge on any atom is -0.192 e. The fourth-order valence-electron chi connectivity index (χ4n) is 1.24. The van der Waals surface area contributed by atoms with Crippen LogP contribution in [0.25, 0.3) is 0 Å². The predicted molar refractivity (Wildman–Crippen MR) is 59.8 cm³/mol. The molecule has 0 spiro atoms. The zero-order valence-corrected chi connectivity index (χ0v) is 13.4. The first kappa shape index (κ1) is 26.4. The average Bonchev–Trinajstić information content (AvgIpc) is 2.51. The predicted octanol–water partition coefficient (Wildman–Crippen LogP) is 2.76. The first-order valence-corrected chi connectivity index (χ1v) is 7.62. The first-order chi connectivity index (χ1) is 12.0. The van der Waals surface area contributed by atoms with Crippen molar-refractivity contribution in [1.29, 1.82) is 0 Å². The van der Waals surface area contributed by atoms with E-state index in [4.69, 9.17) is 0 Å². The minimum absolute atomic E-state index is 4.47. The lowest BCUT2D eigenvalue weighted by Crippen LogP contribution is -2.72. The van der Waals surface area contributed by atoms with Crippen LogP contribution < -0.4 is 0 Å². The van der Waals surface area contributed by atoms with Crippen LogP contribution in [0.5, 0.6) is 0 Å². The normalized spacial score (nSPS) is 14.6. The molecule has 0 radical (unpaired) electrons. The van der Waals surface area contributed by atoms with E-state index < -0.39 is 66.4 Å². The largest absolute Gasteiger partial charge is 0.386 e. The Morgan fingerprint density at radius 3 is 0.750 bits per heavy atom. The van der Waals surface area contributed by atoms with Gasteiger partial charge in [0.15, 0.2) is 0 Å². The molecule has 4 nitrogen and oxygen atoms in total. The second kappa shape index (κ2) is 7.02. The molecule has 0 N–H and O–H groups in total. The third-order valence-corrected chi connectivity index (χ3v) is 3.86. The van der Waals surface area contributed by atoms with Crippen molar-refractivity contribution < 1.29 is 78.3 Å². The van der Waals surface area contributed by atoms with Crippen LogP contribution in [0.15, 0.2) is 0 Å². The Bertz CT molecular complexity index is 821. The molecule has 0 unspecified atom stereocenters. The van der Waals surface area contributed by atoms with Crippen molar-refractivity contribution in [3.63, 3.8) is 0 Å². The summed E-state index contributed by atoms with van der Waals surface area (Å²) < 4.78 is 221. The second-order valence-corrected chi connectivity index (χ2v) is 6.12. The van der Waals surface area contributed by atoms with Crippen molar-refractivity contribution >= 4 is 30.8 Å². The highest BCUT2D eigenvalue weighted by molar-refractivity contribution is 7.73. The lowest BCUT2D eigenvalue weighted by atomic mass is 9.92. The van der Waals surface area contributed by atoms with Gasteiger partial charge in [0.25, 0.3) is 30.8 Å². The smallest absolute Gasteiger partial charge is 0.192 e. The molecular formula is C8F14O4S2. The fraction of sp³-hybridized carbons (Fsp3) is 0.750. The van der Waals surface area contributed by atoms with E-state index in [1.54, 1.807) is 0 Å². The molecule has 0 amide bonds. The van der Waals surface area contributed by atoms with Crippen molar-refractivity contribution in [3.8, 4) is 0 Å². The van der Waals surface area contributed by atoms with Gasteiger partial charge in [-0.15, -0.1) is 0 Å². The van der Waals surface area contributed by atoms with Gasteiger partial charge in [0, 0.05) is 0 Å². The van der Waals surface area contributed by atoms with Gasteiger partial charge < -0.3 is 0 Å². The molecule has 0 rings (SSSR count). The number of halogens is 14. The van der Waals surface area contributed by atoms with Crippen LogP contribution in [0.1, 0.15) is 0 Å². The molecule has 0 saturated carbocycles. The maximum absolute atomic E-state index is 13.1. The molecule has 0 saturated heterocycles. The van der Waals surface area contributed by atoms with Crippen molar-refractivity contribution in [2.24, 2.45) is 0 Å². The zero-order chi connectivity index (χ0) is 23.3. The molecule has 0 aromatic rings. The summed E-state index contributed by atoms with van der Waals surface area (Å²) in [6.45, 7) is 0. The summed E-state index contributed by atoms with van der Waals surface area (Å²) in [5, 5.41) is -8.94. The van der Waals surface area contributed by atoms with Gasteiger partial charge in [-0.3, -0.25) is 0 Å². The van der Waals surface area contributed by atoms with E-state index in [0.29, 0.717) is 0 Å². The summed E-state index contributed by atoms with van der Waals surface area (Å²) in [4.78, 5) is 0. The number of rotatable bonds is 7. The molecule has 28 heavy (non-hydrogen) atoms. The maximum atomic E-state index is 13.1. The molecular weight excluding hydrogens is 490 g/mol. The Hall–Kier alpha value is -1.60. The third-order valence-electron chi connectivity index (χ3n) is 2.76. The highest BCUT2D eigenvalue weighted by Gasteiger charge is 2.91. The van der Waals surface area contributed by atoms with Crippen LogP contribution >= 0.6 is 0 Å². The maximum Gasteiger partial charge on any atom is 0.386 e. The Labute approximate surface area is 145 Å². The molecule has 0 atom stereocenters. The van der Waals surface area contributed by atoms with E-state index in [1.165, 1.54) is 0 Å². The molecule has 0 aromatic carbocycles. The van der Waals surface area contributed by atoms with E-state index in [2.05, 4.69) is 0 Å². The minimum atomic E-state index is -8.40. The molecule has 0 aromatic heterocycles. The Kier molecular flexibility index (Phi) is 6.62. The summed E-state index contributed by atoms with van der Waals surface area (Å²) >= 11 is 0. The molecule has 0 fully saturated rings. The van der Waals surface area contributed by atoms with Crippen LogP contribution in [-0.4, -0.2) is 62.6 Å².